The van der Waals surface area contributed by atoms with E-state index in [1.54, 1.807) is 6.07 Å². The SMILES string of the molecule is Cc1cccc(NC(=O)/C(C#N)=C/c2cc(Cl)ccc2OCC(=O)O)c1C. The summed E-state index contributed by atoms with van der Waals surface area (Å²) in [4.78, 5) is 23.2. The first-order valence-corrected chi connectivity index (χ1v) is 8.33. The Kier molecular flexibility index (Phi) is 6.58. The molecule has 0 aliphatic heterocycles. The van der Waals surface area contributed by atoms with Crippen molar-refractivity contribution in [3.05, 3.63) is 63.7 Å². The summed E-state index contributed by atoms with van der Waals surface area (Å²) in [5.74, 6) is -1.53. The number of carbonyl (C=O) groups excluding carboxylic acids is 1. The maximum absolute atomic E-state index is 12.5. The monoisotopic (exact) mass is 384 g/mol. The maximum atomic E-state index is 12.5. The highest BCUT2D eigenvalue weighted by Gasteiger charge is 2.14. The summed E-state index contributed by atoms with van der Waals surface area (Å²) in [6.45, 7) is 3.23. The Labute approximate surface area is 161 Å². The molecule has 0 unspecified atom stereocenters. The van der Waals surface area contributed by atoms with Crippen LogP contribution < -0.4 is 10.1 Å². The van der Waals surface area contributed by atoms with Crippen molar-refractivity contribution < 1.29 is 19.4 Å². The molecule has 2 rings (SSSR count). The van der Waals surface area contributed by atoms with Crippen LogP contribution in [0.4, 0.5) is 5.69 Å². The number of benzene rings is 2. The van der Waals surface area contributed by atoms with Crippen LogP contribution in [0.3, 0.4) is 0 Å². The molecule has 0 saturated carbocycles. The number of halogens is 1. The average molecular weight is 385 g/mol. The molecular weight excluding hydrogens is 368 g/mol. The van der Waals surface area contributed by atoms with Crippen LogP contribution in [-0.4, -0.2) is 23.6 Å². The fourth-order valence-corrected chi connectivity index (χ4v) is 2.46. The van der Waals surface area contributed by atoms with Gasteiger partial charge in [0.25, 0.3) is 5.91 Å². The number of rotatable bonds is 6. The predicted molar refractivity (Wildman–Crippen MR) is 103 cm³/mol. The summed E-state index contributed by atoms with van der Waals surface area (Å²) in [6, 6.07) is 11.8. The van der Waals surface area contributed by atoms with Gasteiger partial charge in [-0.25, -0.2) is 4.79 Å². The molecule has 0 radical (unpaired) electrons. The lowest BCUT2D eigenvalue weighted by Crippen LogP contribution is -2.15. The second-order valence-corrected chi connectivity index (χ2v) is 6.17. The van der Waals surface area contributed by atoms with Gasteiger partial charge < -0.3 is 15.2 Å². The Hall–Kier alpha value is -3.30. The van der Waals surface area contributed by atoms with Gasteiger partial charge in [-0.05, 0) is 55.3 Å². The van der Waals surface area contributed by atoms with E-state index in [4.69, 9.17) is 21.4 Å². The molecule has 0 aliphatic rings. The fourth-order valence-electron chi connectivity index (χ4n) is 2.28. The van der Waals surface area contributed by atoms with Crippen LogP contribution in [0, 0.1) is 25.2 Å². The quantitative estimate of drug-likeness (QED) is 0.580. The Balaban J connectivity index is 2.33. The molecule has 0 aromatic heterocycles. The molecule has 1 amide bonds. The van der Waals surface area contributed by atoms with E-state index in [0.717, 1.165) is 11.1 Å². The highest BCUT2D eigenvalue weighted by Crippen LogP contribution is 2.26. The van der Waals surface area contributed by atoms with Crippen molar-refractivity contribution in [3.63, 3.8) is 0 Å². The molecule has 0 spiro atoms. The summed E-state index contributed by atoms with van der Waals surface area (Å²) in [7, 11) is 0. The van der Waals surface area contributed by atoms with Crippen molar-refractivity contribution in [1.82, 2.24) is 0 Å². The second kappa shape index (κ2) is 8.88. The summed E-state index contributed by atoms with van der Waals surface area (Å²) in [6.07, 6.45) is 1.31. The van der Waals surface area contributed by atoms with Gasteiger partial charge in [0.2, 0.25) is 0 Å². The Morgan fingerprint density at radius 2 is 2.04 bits per heavy atom. The van der Waals surface area contributed by atoms with Crippen LogP contribution in [0.25, 0.3) is 6.08 Å². The molecule has 2 aromatic carbocycles. The zero-order chi connectivity index (χ0) is 20.0. The number of nitrogens with one attached hydrogen (secondary N) is 1. The van der Waals surface area contributed by atoms with Gasteiger partial charge in [-0.2, -0.15) is 5.26 Å². The number of aliphatic carboxylic acids is 1. The number of carboxylic acids is 1. The topological polar surface area (TPSA) is 99.4 Å². The van der Waals surface area contributed by atoms with Gasteiger partial charge in [0, 0.05) is 16.3 Å². The lowest BCUT2D eigenvalue weighted by molar-refractivity contribution is -0.139. The number of aryl methyl sites for hydroxylation is 1. The largest absolute Gasteiger partial charge is 0.481 e. The van der Waals surface area contributed by atoms with Crippen molar-refractivity contribution in [1.29, 1.82) is 5.26 Å². The van der Waals surface area contributed by atoms with Gasteiger partial charge >= 0.3 is 5.97 Å². The molecule has 0 heterocycles. The third-order valence-electron chi connectivity index (χ3n) is 3.84. The van der Waals surface area contributed by atoms with Crippen LogP contribution in [0.1, 0.15) is 16.7 Å². The number of hydrogen-bond donors (Lipinski definition) is 2. The first kappa shape index (κ1) is 20.0. The minimum atomic E-state index is -1.15. The van der Waals surface area contributed by atoms with Crippen LogP contribution in [0.2, 0.25) is 5.02 Å². The van der Waals surface area contributed by atoms with Gasteiger partial charge in [-0.1, -0.05) is 23.7 Å². The van der Waals surface area contributed by atoms with E-state index >= 15 is 0 Å². The summed E-state index contributed by atoms with van der Waals surface area (Å²) in [5.41, 5.74) is 2.68. The molecule has 2 N–H and O–H groups in total. The summed E-state index contributed by atoms with van der Waals surface area (Å²) >= 11 is 5.97. The lowest BCUT2D eigenvalue weighted by Gasteiger charge is -2.11. The molecule has 0 aliphatic carbocycles. The van der Waals surface area contributed by atoms with Crippen molar-refractivity contribution in [3.8, 4) is 11.8 Å². The van der Waals surface area contributed by atoms with Crippen LogP contribution in [0.5, 0.6) is 5.75 Å². The number of carbonyl (C=O) groups is 2. The highest BCUT2D eigenvalue weighted by atomic mass is 35.5. The van der Waals surface area contributed by atoms with Gasteiger partial charge in [-0.15, -0.1) is 0 Å². The molecule has 0 bridgehead atoms. The maximum Gasteiger partial charge on any atom is 0.341 e. The number of nitrogens with zero attached hydrogens (tertiary/aromatic N) is 1. The Bertz CT molecular complexity index is 961. The first-order chi connectivity index (χ1) is 12.8. The van der Waals surface area contributed by atoms with Crippen molar-refractivity contribution in [2.45, 2.75) is 13.8 Å². The normalized spacial score (nSPS) is 10.8. The first-order valence-electron chi connectivity index (χ1n) is 7.95. The Morgan fingerprint density at radius 3 is 2.70 bits per heavy atom. The number of hydrogen-bond acceptors (Lipinski definition) is 4. The third kappa shape index (κ3) is 5.33. The van der Waals surface area contributed by atoms with E-state index in [9.17, 15) is 14.9 Å². The van der Waals surface area contributed by atoms with Gasteiger partial charge in [-0.3, -0.25) is 4.79 Å². The van der Waals surface area contributed by atoms with E-state index in [2.05, 4.69) is 5.32 Å². The predicted octanol–water partition coefficient (Wildman–Crippen LogP) is 3.97. The van der Waals surface area contributed by atoms with E-state index in [1.807, 2.05) is 32.0 Å². The average Bonchev–Trinajstić information content (AvgIpc) is 2.62. The summed E-state index contributed by atoms with van der Waals surface area (Å²) in [5, 5.41) is 21.2. The van der Waals surface area contributed by atoms with E-state index in [1.165, 1.54) is 24.3 Å². The number of carboxylic acid groups (broad SMARTS) is 1. The number of nitriles is 1. The highest BCUT2D eigenvalue weighted by molar-refractivity contribution is 6.30. The fraction of sp³-hybridized carbons (Fsp3) is 0.150. The molecule has 7 heteroatoms. The van der Waals surface area contributed by atoms with E-state index in [-0.39, 0.29) is 11.3 Å². The Morgan fingerprint density at radius 1 is 1.30 bits per heavy atom. The number of amides is 1. The van der Waals surface area contributed by atoms with Crippen molar-refractivity contribution in [2.24, 2.45) is 0 Å². The zero-order valence-electron chi connectivity index (χ0n) is 14.7. The minimum absolute atomic E-state index is 0.168. The van der Waals surface area contributed by atoms with Crippen molar-refractivity contribution in [2.75, 3.05) is 11.9 Å². The van der Waals surface area contributed by atoms with Crippen LogP contribution in [-0.2, 0) is 9.59 Å². The minimum Gasteiger partial charge on any atom is -0.481 e. The molecule has 0 fully saturated rings. The lowest BCUT2D eigenvalue weighted by atomic mass is 10.1. The van der Waals surface area contributed by atoms with E-state index < -0.39 is 18.5 Å². The zero-order valence-corrected chi connectivity index (χ0v) is 15.5. The van der Waals surface area contributed by atoms with Crippen molar-refractivity contribution >= 4 is 35.2 Å². The van der Waals surface area contributed by atoms with Gasteiger partial charge in [0.1, 0.15) is 17.4 Å². The molecule has 0 atom stereocenters. The third-order valence-corrected chi connectivity index (χ3v) is 4.08. The van der Waals surface area contributed by atoms with Gasteiger partial charge in [0.15, 0.2) is 6.61 Å². The number of ether oxygens (including phenoxy) is 1. The van der Waals surface area contributed by atoms with Crippen LogP contribution in [0.15, 0.2) is 42.0 Å². The van der Waals surface area contributed by atoms with Crippen LogP contribution >= 0.6 is 11.6 Å². The summed E-state index contributed by atoms with van der Waals surface area (Å²) < 4.78 is 5.19. The number of anilines is 1. The molecule has 2 aromatic rings. The molecule has 0 saturated heterocycles. The standard InChI is InChI=1S/C20H17ClN2O4/c1-12-4-3-5-17(13(12)2)23-20(26)15(10-22)8-14-9-16(21)6-7-18(14)27-11-19(24)25/h3-9H,11H2,1-2H3,(H,23,26)(H,24,25)/b15-8+. The molecule has 27 heavy (non-hydrogen) atoms. The molecular formula is C20H17ClN2O4. The smallest absolute Gasteiger partial charge is 0.341 e. The van der Waals surface area contributed by atoms with E-state index in [0.29, 0.717) is 16.3 Å². The second-order valence-electron chi connectivity index (χ2n) is 5.74. The van der Waals surface area contributed by atoms with Gasteiger partial charge in [0.05, 0.1) is 0 Å². The molecule has 6 nitrogen and oxygen atoms in total. The molecule has 138 valence electrons.